The van der Waals surface area contributed by atoms with Crippen LogP contribution in [-0.2, 0) is 0 Å². The highest BCUT2D eigenvalue weighted by Crippen LogP contribution is 2.40. The minimum absolute atomic E-state index is 0.0500. The molecular formula is C15H12FN3O2. The van der Waals surface area contributed by atoms with Gasteiger partial charge in [-0.2, -0.15) is 0 Å². The summed E-state index contributed by atoms with van der Waals surface area (Å²) in [5.41, 5.74) is 7.59. The third-order valence-corrected chi connectivity index (χ3v) is 3.12. The van der Waals surface area contributed by atoms with Crippen molar-refractivity contribution in [3.05, 3.63) is 48.5 Å². The smallest absolute Gasteiger partial charge is 0.230 e. The number of nitrogen functional groups attached to an aromatic ring is 1. The molecule has 0 aliphatic heterocycles. The second kappa shape index (κ2) is 5.24. The summed E-state index contributed by atoms with van der Waals surface area (Å²) in [4.78, 5) is 3.98. The van der Waals surface area contributed by atoms with E-state index in [1.54, 1.807) is 36.7 Å². The van der Waals surface area contributed by atoms with Crippen LogP contribution in [0.3, 0.4) is 0 Å². The van der Waals surface area contributed by atoms with E-state index >= 15 is 0 Å². The van der Waals surface area contributed by atoms with Crippen molar-refractivity contribution in [3.63, 3.8) is 0 Å². The summed E-state index contributed by atoms with van der Waals surface area (Å²) in [6.07, 6.45) is 3.14. The molecule has 1 aromatic carbocycles. The van der Waals surface area contributed by atoms with Crippen LogP contribution in [0.25, 0.3) is 22.4 Å². The van der Waals surface area contributed by atoms with Crippen LogP contribution in [0, 0.1) is 5.82 Å². The zero-order valence-corrected chi connectivity index (χ0v) is 11.2. The SMILES string of the molecule is COc1cnccc1-c1noc(N)c1-c1ccccc1F. The average molecular weight is 285 g/mol. The molecule has 21 heavy (non-hydrogen) atoms. The minimum Gasteiger partial charge on any atom is -0.494 e. The highest BCUT2D eigenvalue weighted by Gasteiger charge is 2.22. The van der Waals surface area contributed by atoms with Crippen molar-refractivity contribution in [2.75, 3.05) is 12.8 Å². The van der Waals surface area contributed by atoms with E-state index < -0.39 is 5.82 Å². The van der Waals surface area contributed by atoms with Gasteiger partial charge in [0.15, 0.2) is 0 Å². The second-order valence-corrected chi connectivity index (χ2v) is 4.33. The first-order valence-electron chi connectivity index (χ1n) is 6.20. The lowest BCUT2D eigenvalue weighted by atomic mass is 10.0. The first kappa shape index (κ1) is 13.1. The zero-order valence-electron chi connectivity index (χ0n) is 11.2. The van der Waals surface area contributed by atoms with Crippen LogP contribution < -0.4 is 10.5 Å². The maximum absolute atomic E-state index is 14.0. The number of aromatic nitrogens is 2. The molecule has 2 heterocycles. The molecule has 0 radical (unpaired) electrons. The molecule has 0 bridgehead atoms. The van der Waals surface area contributed by atoms with Crippen LogP contribution in [0.15, 0.2) is 47.2 Å². The molecule has 0 fully saturated rings. The molecule has 6 heteroatoms. The van der Waals surface area contributed by atoms with Crippen molar-refractivity contribution in [2.45, 2.75) is 0 Å². The number of rotatable bonds is 3. The van der Waals surface area contributed by atoms with E-state index in [9.17, 15) is 4.39 Å². The Bertz CT molecular complexity index is 786. The molecular weight excluding hydrogens is 273 g/mol. The third-order valence-electron chi connectivity index (χ3n) is 3.12. The van der Waals surface area contributed by atoms with Gasteiger partial charge in [-0.05, 0) is 12.1 Å². The maximum atomic E-state index is 14.0. The molecule has 0 atom stereocenters. The van der Waals surface area contributed by atoms with Gasteiger partial charge in [0.25, 0.3) is 0 Å². The van der Waals surface area contributed by atoms with Gasteiger partial charge in [-0.25, -0.2) is 4.39 Å². The third kappa shape index (κ3) is 2.20. The van der Waals surface area contributed by atoms with Gasteiger partial charge in [-0.15, -0.1) is 0 Å². The quantitative estimate of drug-likeness (QED) is 0.800. The van der Waals surface area contributed by atoms with Crippen molar-refractivity contribution < 1.29 is 13.7 Å². The minimum atomic E-state index is -0.401. The Morgan fingerprint density at radius 3 is 2.76 bits per heavy atom. The van der Waals surface area contributed by atoms with E-state index in [4.69, 9.17) is 15.0 Å². The molecule has 0 saturated heterocycles. The van der Waals surface area contributed by atoms with Crippen molar-refractivity contribution in [1.82, 2.24) is 10.1 Å². The standard InChI is InChI=1S/C15H12FN3O2/c1-20-12-8-18-7-6-10(12)14-13(15(17)21-19-14)9-4-2-3-5-11(9)16/h2-8H,17H2,1H3. The van der Waals surface area contributed by atoms with Crippen molar-refractivity contribution in [2.24, 2.45) is 0 Å². The average Bonchev–Trinajstić information content (AvgIpc) is 2.89. The molecule has 3 aromatic rings. The predicted molar refractivity (Wildman–Crippen MR) is 76.1 cm³/mol. The summed E-state index contributed by atoms with van der Waals surface area (Å²) < 4.78 is 24.3. The van der Waals surface area contributed by atoms with Crippen molar-refractivity contribution in [3.8, 4) is 28.1 Å². The number of benzene rings is 1. The zero-order chi connectivity index (χ0) is 14.8. The van der Waals surface area contributed by atoms with Gasteiger partial charge in [0.05, 0.1) is 18.9 Å². The first-order valence-corrected chi connectivity index (χ1v) is 6.20. The Kier molecular flexibility index (Phi) is 3.27. The number of hydrogen-bond acceptors (Lipinski definition) is 5. The monoisotopic (exact) mass is 285 g/mol. The van der Waals surface area contributed by atoms with E-state index in [0.29, 0.717) is 28.1 Å². The van der Waals surface area contributed by atoms with E-state index in [-0.39, 0.29) is 5.88 Å². The molecule has 0 amide bonds. The normalized spacial score (nSPS) is 10.6. The summed E-state index contributed by atoms with van der Waals surface area (Å²) in [5, 5.41) is 3.94. The van der Waals surface area contributed by atoms with Crippen molar-refractivity contribution in [1.29, 1.82) is 0 Å². The summed E-state index contributed by atoms with van der Waals surface area (Å²) >= 11 is 0. The number of ether oxygens (including phenoxy) is 1. The lowest BCUT2D eigenvalue weighted by molar-refractivity contribution is 0.412. The number of methoxy groups -OCH3 is 1. The summed E-state index contributed by atoms with van der Waals surface area (Å²) in [6, 6.07) is 8.01. The molecule has 106 valence electrons. The van der Waals surface area contributed by atoms with Crippen molar-refractivity contribution >= 4 is 5.88 Å². The second-order valence-electron chi connectivity index (χ2n) is 4.33. The Hall–Kier alpha value is -2.89. The van der Waals surface area contributed by atoms with E-state index in [0.717, 1.165) is 0 Å². The fraction of sp³-hybridized carbons (Fsp3) is 0.0667. The molecule has 2 N–H and O–H groups in total. The maximum Gasteiger partial charge on any atom is 0.230 e. The number of nitrogens with two attached hydrogens (primary N) is 1. The Balaban J connectivity index is 2.25. The van der Waals surface area contributed by atoms with E-state index in [1.807, 2.05) is 0 Å². The highest BCUT2D eigenvalue weighted by molar-refractivity contribution is 5.88. The highest BCUT2D eigenvalue weighted by atomic mass is 19.1. The summed E-state index contributed by atoms with van der Waals surface area (Å²) in [6.45, 7) is 0. The molecule has 2 aromatic heterocycles. The molecule has 5 nitrogen and oxygen atoms in total. The van der Waals surface area contributed by atoms with Crippen LogP contribution in [0.5, 0.6) is 5.75 Å². The molecule has 0 unspecified atom stereocenters. The molecule has 0 aliphatic rings. The Labute approximate surface area is 120 Å². The van der Waals surface area contributed by atoms with Gasteiger partial charge in [0.2, 0.25) is 5.88 Å². The van der Waals surface area contributed by atoms with Crippen LogP contribution in [0.2, 0.25) is 0 Å². The predicted octanol–water partition coefficient (Wildman–Crippen LogP) is 3.13. The van der Waals surface area contributed by atoms with Gasteiger partial charge in [0.1, 0.15) is 17.3 Å². The first-order chi connectivity index (χ1) is 10.2. The number of pyridine rings is 1. The topological polar surface area (TPSA) is 74.2 Å². The molecule has 0 spiro atoms. The Morgan fingerprint density at radius 1 is 1.19 bits per heavy atom. The van der Waals surface area contributed by atoms with E-state index in [1.165, 1.54) is 13.2 Å². The Morgan fingerprint density at radius 2 is 2.00 bits per heavy atom. The molecule has 0 saturated carbocycles. The molecule has 3 rings (SSSR count). The number of anilines is 1. The number of hydrogen-bond donors (Lipinski definition) is 1. The van der Waals surface area contributed by atoms with Crippen LogP contribution in [-0.4, -0.2) is 17.3 Å². The fourth-order valence-corrected chi connectivity index (χ4v) is 2.15. The molecule has 0 aliphatic carbocycles. The largest absolute Gasteiger partial charge is 0.494 e. The van der Waals surface area contributed by atoms with Crippen LogP contribution in [0.4, 0.5) is 10.3 Å². The lowest BCUT2D eigenvalue weighted by Gasteiger charge is -2.07. The van der Waals surface area contributed by atoms with Crippen LogP contribution >= 0.6 is 0 Å². The summed E-state index contributed by atoms with van der Waals surface area (Å²) in [5.74, 6) is 0.152. The lowest BCUT2D eigenvalue weighted by Crippen LogP contribution is -1.93. The van der Waals surface area contributed by atoms with Gasteiger partial charge in [-0.1, -0.05) is 23.4 Å². The van der Waals surface area contributed by atoms with Gasteiger partial charge >= 0.3 is 0 Å². The number of nitrogens with zero attached hydrogens (tertiary/aromatic N) is 2. The van der Waals surface area contributed by atoms with Gasteiger partial charge in [-0.3, -0.25) is 4.98 Å². The fourth-order valence-electron chi connectivity index (χ4n) is 2.15. The van der Waals surface area contributed by atoms with Crippen LogP contribution in [0.1, 0.15) is 0 Å². The number of halogens is 1. The van der Waals surface area contributed by atoms with E-state index in [2.05, 4.69) is 10.1 Å². The van der Waals surface area contributed by atoms with Gasteiger partial charge in [0, 0.05) is 17.3 Å². The summed E-state index contributed by atoms with van der Waals surface area (Å²) in [7, 11) is 1.52. The van der Waals surface area contributed by atoms with Gasteiger partial charge < -0.3 is 15.0 Å².